The predicted molar refractivity (Wildman–Crippen MR) is 137 cm³/mol. The zero-order valence-electron chi connectivity index (χ0n) is 20.7. The van der Waals surface area contributed by atoms with Crippen molar-refractivity contribution in [2.75, 3.05) is 44.2 Å². The van der Waals surface area contributed by atoms with E-state index in [1.165, 1.54) is 5.69 Å². The van der Waals surface area contributed by atoms with Gasteiger partial charge in [0.25, 0.3) is 5.91 Å². The minimum Gasteiger partial charge on any atom is -0.441 e. The highest BCUT2D eigenvalue weighted by molar-refractivity contribution is 5.94. The maximum atomic E-state index is 12.8. The van der Waals surface area contributed by atoms with Crippen LogP contribution in [-0.4, -0.2) is 60.0 Å². The van der Waals surface area contributed by atoms with E-state index in [2.05, 4.69) is 47.1 Å². The van der Waals surface area contributed by atoms with Crippen LogP contribution in [0.5, 0.6) is 0 Å². The molecule has 6 heteroatoms. The van der Waals surface area contributed by atoms with Crippen molar-refractivity contribution in [2.24, 2.45) is 0 Å². The molecule has 1 aliphatic heterocycles. The van der Waals surface area contributed by atoms with Gasteiger partial charge in [0, 0.05) is 62.6 Å². The number of oxazole rings is 1. The number of rotatable bonds is 9. The quantitative estimate of drug-likeness (QED) is 0.437. The van der Waals surface area contributed by atoms with Gasteiger partial charge in [0.05, 0.1) is 5.69 Å². The fourth-order valence-corrected chi connectivity index (χ4v) is 4.40. The largest absolute Gasteiger partial charge is 0.441 e. The van der Waals surface area contributed by atoms with Crippen molar-refractivity contribution in [1.82, 2.24) is 14.8 Å². The SMILES string of the molecule is CCCCN(CC)C(=O)c1ccc(-c2nc(CN3CCN(c4ccccc4)CC3)c(C)o2)cc1. The number of hydrogen-bond acceptors (Lipinski definition) is 5. The lowest BCUT2D eigenvalue weighted by atomic mass is 10.1. The van der Waals surface area contributed by atoms with Gasteiger partial charge in [0.2, 0.25) is 5.89 Å². The van der Waals surface area contributed by atoms with E-state index in [1.54, 1.807) is 0 Å². The maximum absolute atomic E-state index is 12.8. The van der Waals surface area contributed by atoms with Crippen LogP contribution in [0.15, 0.2) is 59.0 Å². The first kappa shape index (κ1) is 24.0. The van der Waals surface area contributed by atoms with E-state index in [4.69, 9.17) is 9.40 Å². The summed E-state index contributed by atoms with van der Waals surface area (Å²) in [5, 5.41) is 0. The Morgan fingerprint density at radius 2 is 1.71 bits per heavy atom. The number of piperazine rings is 1. The van der Waals surface area contributed by atoms with Gasteiger partial charge in [-0.25, -0.2) is 4.98 Å². The first-order chi connectivity index (χ1) is 16.6. The molecule has 0 N–H and O–H groups in total. The average molecular weight is 461 g/mol. The third-order valence-corrected chi connectivity index (χ3v) is 6.59. The monoisotopic (exact) mass is 460 g/mol. The molecule has 0 aliphatic carbocycles. The first-order valence-corrected chi connectivity index (χ1v) is 12.5. The third-order valence-electron chi connectivity index (χ3n) is 6.59. The third kappa shape index (κ3) is 5.68. The van der Waals surface area contributed by atoms with Crippen LogP contribution < -0.4 is 4.90 Å². The Morgan fingerprint density at radius 1 is 1.00 bits per heavy atom. The minimum absolute atomic E-state index is 0.0846. The van der Waals surface area contributed by atoms with Crippen LogP contribution in [0.1, 0.15) is 48.5 Å². The summed E-state index contributed by atoms with van der Waals surface area (Å²) < 4.78 is 6.01. The highest BCUT2D eigenvalue weighted by Gasteiger charge is 2.21. The Balaban J connectivity index is 1.37. The van der Waals surface area contributed by atoms with Crippen LogP contribution in [0.4, 0.5) is 5.69 Å². The van der Waals surface area contributed by atoms with Crippen molar-refractivity contribution in [3.05, 3.63) is 71.6 Å². The number of nitrogens with zero attached hydrogens (tertiary/aromatic N) is 4. The number of para-hydroxylation sites is 1. The van der Waals surface area contributed by atoms with E-state index in [9.17, 15) is 4.79 Å². The molecule has 0 saturated carbocycles. The molecule has 0 bridgehead atoms. The molecular formula is C28H36N4O2. The van der Waals surface area contributed by atoms with Crippen LogP contribution in [0.25, 0.3) is 11.5 Å². The average Bonchev–Trinajstić information content (AvgIpc) is 3.25. The molecule has 1 fully saturated rings. The standard InChI is InChI=1S/C28H36N4O2/c1-4-6-16-31(5-2)28(33)24-14-12-23(13-15-24)27-29-26(22(3)34-27)21-30-17-19-32(20-18-30)25-10-8-7-9-11-25/h7-15H,4-6,16-21H2,1-3H3. The van der Waals surface area contributed by atoms with Crippen LogP contribution >= 0.6 is 0 Å². The first-order valence-electron chi connectivity index (χ1n) is 12.5. The topological polar surface area (TPSA) is 52.8 Å². The lowest BCUT2D eigenvalue weighted by Gasteiger charge is -2.35. The molecule has 4 rings (SSSR count). The molecule has 1 amide bonds. The maximum Gasteiger partial charge on any atom is 0.253 e. The molecule has 1 aromatic heterocycles. The number of anilines is 1. The molecular weight excluding hydrogens is 424 g/mol. The van der Waals surface area contributed by atoms with Crippen molar-refractivity contribution in [1.29, 1.82) is 0 Å². The normalized spacial score (nSPS) is 14.4. The van der Waals surface area contributed by atoms with E-state index >= 15 is 0 Å². The van der Waals surface area contributed by atoms with Gasteiger partial charge in [-0.05, 0) is 56.7 Å². The van der Waals surface area contributed by atoms with Gasteiger partial charge in [0.1, 0.15) is 5.76 Å². The summed E-state index contributed by atoms with van der Waals surface area (Å²) in [5.74, 6) is 1.56. The van der Waals surface area contributed by atoms with Crippen molar-refractivity contribution in [3.63, 3.8) is 0 Å². The van der Waals surface area contributed by atoms with Crippen molar-refractivity contribution in [2.45, 2.75) is 40.2 Å². The van der Waals surface area contributed by atoms with Gasteiger partial charge in [-0.15, -0.1) is 0 Å². The van der Waals surface area contributed by atoms with Gasteiger partial charge in [0.15, 0.2) is 0 Å². The molecule has 1 saturated heterocycles. The van der Waals surface area contributed by atoms with E-state index in [0.29, 0.717) is 11.5 Å². The predicted octanol–water partition coefficient (Wildman–Crippen LogP) is 5.23. The number of amides is 1. The van der Waals surface area contributed by atoms with Gasteiger partial charge in [-0.1, -0.05) is 31.5 Å². The van der Waals surface area contributed by atoms with Gasteiger partial charge >= 0.3 is 0 Å². The summed E-state index contributed by atoms with van der Waals surface area (Å²) in [4.78, 5) is 24.4. The van der Waals surface area contributed by atoms with E-state index in [0.717, 1.165) is 75.7 Å². The van der Waals surface area contributed by atoms with Gasteiger partial charge in [-0.2, -0.15) is 0 Å². The lowest BCUT2D eigenvalue weighted by molar-refractivity contribution is 0.0762. The summed E-state index contributed by atoms with van der Waals surface area (Å²) >= 11 is 0. The second kappa shape index (κ2) is 11.3. The summed E-state index contributed by atoms with van der Waals surface area (Å²) in [5.41, 5.74) is 3.88. The van der Waals surface area contributed by atoms with Crippen LogP contribution in [0, 0.1) is 6.92 Å². The molecule has 2 heterocycles. The van der Waals surface area contributed by atoms with Gasteiger partial charge in [-0.3, -0.25) is 9.69 Å². The molecule has 34 heavy (non-hydrogen) atoms. The van der Waals surface area contributed by atoms with Crippen LogP contribution in [0.3, 0.4) is 0 Å². The molecule has 0 atom stereocenters. The Kier molecular flexibility index (Phi) is 8.01. The number of carbonyl (C=O) groups excluding carboxylic acids is 1. The van der Waals surface area contributed by atoms with Crippen LogP contribution in [-0.2, 0) is 6.54 Å². The molecule has 3 aromatic rings. The molecule has 2 aromatic carbocycles. The molecule has 180 valence electrons. The minimum atomic E-state index is 0.0846. The Morgan fingerprint density at radius 3 is 2.35 bits per heavy atom. The summed E-state index contributed by atoms with van der Waals surface area (Å²) in [6.45, 7) is 12.5. The van der Waals surface area contributed by atoms with Crippen molar-refractivity contribution >= 4 is 11.6 Å². The number of aromatic nitrogens is 1. The molecule has 0 spiro atoms. The Bertz CT molecular complexity index is 1050. The Labute approximate surface area is 203 Å². The zero-order chi connectivity index (χ0) is 23.9. The fourth-order valence-electron chi connectivity index (χ4n) is 4.40. The van der Waals surface area contributed by atoms with E-state index in [1.807, 2.05) is 43.0 Å². The smallest absolute Gasteiger partial charge is 0.253 e. The molecule has 0 unspecified atom stereocenters. The Hall–Kier alpha value is -3.12. The summed E-state index contributed by atoms with van der Waals surface area (Å²) in [6.07, 6.45) is 2.11. The van der Waals surface area contributed by atoms with Crippen molar-refractivity contribution in [3.8, 4) is 11.5 Å². The summed E-state index contributed by atoms with van der Waals surface area (Å²) in [7, 11) is 0. The number of unbranched alkanes of at least 4 members (excludes halogenated alkanes) is 1. The van der Waals surface area contributed by atoms with Crippen LogP contribution in [0.2, 0.25) is 0 Å². The number of aryl methyl sites for hydroxylation is 1. The number of carbonyl (C=O) groups is 1. The molecule has 6 nitrogen and oxygen atoms in total. The van der Waals surface area contributed by atoms with E-state index < -0.39 is 0 Å². The highest BCUT2D eigenvalue weighted by Crippen LogP contribution is 2.24. The number of hydrogen-bond donors (Lipinski definition) is 0. The zero-order valence-corrected chi connectivity index (χ0v) is 20.7. The highest BCUT2D eigenvalue weighted by atomic mass is 16.4. The number of benzene rings is 2. The second-order valence-corrected chi connectivity index (χ2v) is 8.94. The lowest BCUT2D eigenvalue weighted by Crippen LogP contribution is -2.46. The van der Waals surface area contributed by atoms with Crippen molar-refractivity contribution < 1.29 is 9.21 Å². The molecule has 0 radical (unpaired) electrons. The fraction of sp³-hybridized carbons (Fsp3) is 0.429. The van der Waals surface area contributed by atoms with Gasteiger partial charge < -0.3 is 14.2 Å². The second-order valence-electron chi connectivity index (χ2n) is 8.94. The van der Waals surface area contributed by atoms with E-state index in [-0.39, 0.29) is 5.91 Å². The molecule has 1 aliphatic rings. The summed E-state index contributed by atoms with van der Waals surface area (Å²) in [6, 6.07) is 18.2.